The number of fused-ring (bicyclic) bond motifs is 1. The molecule has 188 valence electrons. The van der Waals surface area contributed by atoms with Crippen molar-refractivity contribution in [3.05, 3.63) is 40.8 Å². The molecular weight excluding hydrogens is 460 g/mol. The number of aromatic nitrogens is 4. The number of aromatic amines is 1. The molecule has 5 rings (SSSR count). The number of piperazine rings is 2. The number of nitrogens with zero attached hydrogens (tertiary/aromatic N) is 7. The first-order valence-electron chi connectivity index (χ1n) is 12.2. The summed E-state index contributed by atoms with van der Waals surface area (Å²) in [4.78, 5) is 28.4. The predicted octanol–water partition coefficient (Wildman–Crippen LogP) is 0.386. The Morgan fingerprint density at radius 1 is 1.03 bits per heavy atom. The lowest BCUT2D eigenvalue weighted by molar-refractivity contribution is 0.191. The number of anilines is 3. The fraction of sp³-hybridized carbons (Fsp3) is 0.458. The van der Waals surface area contributed by atoms with Crippen molar-refractivity contribution < 1.29 is 4.74 Å². The Hall–Kier alpha value is -3.79. The van der Waals surface area contributed by atoms with Crippen molar-refractivity contribution in [2.24, 2.45) is 0 Å². The molecular formula is C24H30N10O2. The molecule has 0 spiro atoms. The maximum absolute atomic E-state index is 12.6. The van der Waals surface area contributed by atoms with Crippen molar-refractivity contribution in [3.8, 4) is 11.8 Å². The summed E-state index contributed by atoms with van der Waals surface area (Å²) in [5, 5.41) is 22.3. The Morgan fingerprint density at radius 3 is 2.56 bits per heavy atom. The van der Waals surface area contributed by atoms with Gasteiger partial charge in [-0.05, 0) is 24.3 Å². The fourth-order valence-electron chi connectivity index (χ4n) is 4.43. The SMILES string of the molecule is N#CCN1CCN(c2nc(Nc3ccc(OCCN4CCNCC4)cc3)c3c(=O)[nH]ncc3n2)CC1. The van der Waals surface area contributed by atoms with Crippen LogP contribution in [0.1, 0.15) is 0 Å². The highest BCUT2D eigenvalue weighted by molar-refractivity contribution is 5.90. The lowest BCUT2D eigenvalue weighted by Gasteiger charge is -2.33. The van der Waals surface area contributed by atoms with Crippen LogP contribution in [0.25, 0.3) is 10.9 Å². The maximum Gasteiger partial charge on any atom is 0.277 e. The zero-order valence-corrected chi connectivity index (χ0v) is 20.1. The minimum absolute atomic E-state index is 0.353. The van der Waals surface area contributed by atoms with Gasteiger partial charge in [-0.1, -0.05) is 0 Å². The largest absolute Gasteiger partial charge is 0.492 e. The lowest BCUT2D eigenvalue weighted by atomic mass is 10.2. The van der Waals surface area contributed by atoms with Crippen molar-refractivity contribution in [1.82, 2.24) is 35.3 Å². The first kappa shape index (κ1) is 23.9. The van der Waals surface area contributed by atoms with E-state index in [-0.39, 0.29) is 5.56 Å². The molecule has 0 atom stereocenters. The first-order valence-corrected chi connectivity index (χ1v) is 12.2. The molecule has 2 aromatic heterocycles. The quantitative estimate of drug-likeness (QED) is 0.378. The Morgan fingerprint density at radius 2 is 1.81 bits per heavy atom. The van der Waals surface area contributed by atoms with Crippen molar-refractivity contribution >= 4 is 28.4 Å². The summed E-state index contributed by atoms with van der Waals surface area (Å²) in [5.41, 5.74) is 0.900. The zero-order chi connectivity index (χ0) is 24.7. The van der Waals surface area contributed by atoms with Crippen LogP contribution in [0.4, 0.5) is 17.5 Å². The second-order valence-corrected chi connectivity index (χ2v) is 8.84. The van der Waals surface area contributed by atoms with Gasteiger partial charge in [0.2, 0.25) is 5.95 Å². The average Bonchev–Trinajstić information content (AvgIpc) is 2.91. The summed E-state index contributed by atoms with van der Waals surface area (Å²) < 4.78 is 5.92. The second-order valence-electron chi connectivity index (χ2n) is 8.84. The molecule has 0 radical (unpaired) electrons. The van der Waals surface area contributed by atoms with E-state index in [0.29, 0.717) is 48.9 Å². The Labute approximate surface area is 208 Å². The van der Waals surface area contributed by atoms with E-state index < -0.39 is 0 Å². The molecule has 2 aliphatic heterocycles. The molecule has 0 saturated carbocycles. The minimum atomic E-state index is -0.353. The number of hydrogen-bond acceptors (Lipinski definition) is 11. The van der Waals surface area contributed by atoms with E-state index in [1.807, 2.05) is 24.3 Å². The van der Waals surface area contributed by atoms with Crippen molar-refractivity contribution in [1.29, 1.82) is 5.26 Å². The van der Waals surface area contributed by atoms with E-state index >= 15 is 0 Å². The van der Waals surface area contributed by atoms with E-state index in [9.17, 15) is 4.79 Å². The summed E-state index contributed by atoms with van der Waals surface area (Å²) in [6.45, 7) is 8.99. The van der Waals surface area contributed by atoms with Crippen LogP contribution in [-0.2, 0) is 0 Å². The van der Waals surface area contributed by atoms with Crippen molar-refractivity contribution in [3.63, 3.8) is 0 Å². The van der Waals surface area contributed by atoms with Gasteiger partial charge in [-0.25, -0.2) is 10.1 Å². The monoisotopic (exact) mass is 490 g/mol. The third kappa shape index (κ3) is 5.71. The van der Waals surface area contributed by atoms with Gasteiger partial charge in [-0.2, -0.15) is 15.3 Å². The third-order valence-corrected chi connectivity index (χ3v) is 6.46. The molecule has 0 aliphatic carbocycles. The molecule has 12 heteroatoms. The highest BCUT2D eigenvalue weighted by Crippen LogP contribution is 2.25. The highest BCUT2D eigenvalue weighted by Gasteiger charge is 2.21. The topological polar surface area (TPSA) is 138 Å². The number of nitrogens with one attached hydrogen (secondary N) is 3. The maximum atomic E-state index is 12.6. The molecule has 3 N–H and O–H groups in total. The number of H-pyrrole nitrogens is 1. The van der Waals surface area contributed by atoms with Crippen molar-refractivity contribution in [2.75, 3.05) is 82.3 Å². The van der Waals surface area contributed by atoms with Gasteiger partial charge in [-0.3, -0.25) is 14.6 Å². The molecule has 2 saturated heterocycles. The van der Waals surface area contributed by atoms with Crippen LogP contribution >= 0.6 is 0 Å². The van der Waals surface area contributed by atoms with E-state index in [1.54, 1.807) is 0 Å². The minimum Gasteiger partial charge on any atom is -0.492 e. The normalized spacial score (nSPS) is 17.1. The molecule has 0 amide bonds. The number of hydrogen-bond donors (Lipinski definition) is 3. The lowest BCUT2D eigenvalue weighted by Crippen LogP contribution is -2.47. The van der Waals surface area contributed by atoms with Gasteiger partial charge in [0.05, 0.1) is 18.8 Å². The predicted molar refractivity (Wildman–Crippen MR) is 137 cm³/mol. The summed E-state index contributed by atoms with van der Waals surface area (Å²) in [7, 11) is 0. The van der Waals surface area contributed by atoms with Gasteiger partial charge in [0.25, 0.3) is 5.56 Å². The molecule has 4 heterocycles. The standard InChI is InChI=1S/C24H30N10O2/c25-5-8-32-11-13-34(14-12-32)24-29-20-17-27-31-23(35)21(20)22(30-24)28-18-1-3-19(4-2-18)36-16-15-33-9-6-26-7-10-33/h1-4,17,26H,6-16H2,(H,31,35)(H,28,29,30). The van der Waals surface area contributed by atoms with E-state index in [4.69, 9.17) is 15.0 Å². The molecule has 2 aliphatic rings. The van der Waals surface area contributed by atoms with Crippen LogP contribution in [0.3, 0.4) is 0 Å². The average molecular weight is 491 g/mol. The van der Waals surface area contributed by atoms with Gasteiger partial charge < -0.3 is 20.3 Å². The van der Waals surface area contributed by atoms with E-state index in [0.717, 1.165) is 57.3 Å². The number of ether oxygens (including phenoxy) is 1. The van der Waals surface area contributed by atoms with Crippen LogP contribution < -0.4 is 25.8 Å². The van der Waals surface area contributed by atoms with Gasteiger partial charge in [0.1, 0.15) is 29.1 Å². The van der Waals surface area contributed by atoms with Gasteiger partial charge in [0, 0.05) is 64.6 Å². The molecule has 12 nitrogen and oxygen atoms in total. The molecule has 36 heavy (non-hydrogen) atoms. The fourth-order valence-corrected chi connectivity index (χ4v) is 4.43. The smallest absolute Gasteiger partial charge is 0.277 e. The Kier molecular flexibility index (Phi) is 7.51. The number of benzene rings is 1. The number of rotatable bonds is 8. The van der Waals surface area contributed by atoms with Crippen molar-refractivity contribution in [2.45, 2.75) is 0 Å². The summed E-state index contributed by atoms with van der Waals surface area (Å²) >= 11 is 0. The van der Waals surface area contributed by atoms with Crippen LogP contribution in [0.15, 0.2) is 35.3 Å². The van der Waals surface area contributed by atoms with Crippen LogP contribution in [-0.4, -0.2) is 102 Å². The number of nitriles is 1. The third-order valence-electron chi connectivity index (χ3n) is 6.46. The second kappa shape index (κ2) is 11.3. The summed E-state index contributed by atoms with van der Waals surface area (Å²) in [5.74, 6) is 1.74. The molecule has 1 aromatic carbocycles. The summed E-state index contributed by atoms with van der Waals surface area (Å²) in [6, 6.07) is 9.82. The molecule has 0 bridgehead atoms. The van der Waals surface area contributed by atoms with Crippen LogP contribution in [0.2, 0.25) is 0 Å². The summed E-state index contributed by atoms with van der Waals surface area (Å²) in [6.07, 6.45) is 1.54. The van der Waals surface area contributed by atoms with Gasteiger partial charge in [-0.15, -0.1) is 0 Å². The Bertz CT molecular complexity index is 1260. The van der Waals surface area contributed by atoms with Crippen LogP contribution in [0, 0.1) is 11.3 Å². The van der Waals surface area contributed by atoms with Gasteiger partial charge in [0.15, 0.2) is 0 Å². The van der Waals surface area contributed by atoms with E-state index in [1.165, 1.54) is 6.20 Å². The zero-order valence-electron chi connectivity index (χ0n) is 20.1. The van der Waals surface area contributed by atoms with Crippen LogP contribution in [0.5, 0.6) is 5.75 Å². The molecule has 3 aromatic rings. The molecule has 2 fully saturated rings. The Balaban J connectivity index is 1.29. The molecule has 0 unspecified atom stereocenters. The van der Waals surface area contributed by atoms with E-state index in [2.05, 4.69) is 46.6 Å². The first-order chi connectivity index (χ1) is 17.7. The highest BCUT2D eigenvalue weighted by atomic mass is 16.5. The van der Waals surface area contributed by atoms with Gasteiger partial charge >= 0.3 is 0 Å².